The highest BCUT2D eigenvalue weighted by atomic mass is 16.5. The Morgan fingerprint density at radius 2 is 2.24 bits per heavy atom. The van der Waals surface area contributed by atoms with Gasteiger partial charge in [0.2, 0.25) is 5.91 Å². The standard InChI is InChI=1S/C13H24N2O2/c1-11-5-2-3-7-15(11)13(16)10-14-9-12-6-4-8-17-12/h11-12,14H,2-10H2,1H3/t11-,12+/m1/s1. The molecule has 17 heavy (non-hydrogen) atoms. The molecule has 2 heterocycles. The predicted molar refractivity (Wildman–Crippen MR) is 66.9 cm³/mol. The van der Waals surface area contributed by atoms with Crippen molar-refractivity contribution in [3.05, 3.63) is 0 Å². The Kier molecular flexibility index (Phi) is 4.80. The van der Waals surface area contributed by atoms with Crippen LogP contribution in [0.5, 0.6) is 0 Å². The van der Waals surface area contributed by atoms with Crippen molar-refractivity contribution in [2.45, 2.75) is 51.2 Å². The molecular weight excluding hydrogens is 216 g/mol. The number of amides is 1. The summed E-state index contributed by atoms with van der Waals surface area (Å²) >= 11 is 0. The normalized spacial score (nSPS) is 29.6. The van der Waals surface area contributed by atoms with E-state index in [1.807, 2.05) is 4.90 Å². The third kappa shape index (κ3) is 3.68. The van der Waals surface area contributed by atoms with E-state index in [1.54, 1.807) is 0 Å². The summed E-state index contributed by atoms with van der Waals surface area (Å²) in [6, 6.07) is 0.417. The van der Waals surface area contributed by atoms with Crippen LogP contribution in [-0.2, 0) is 9.53 Å². The van der Waals surface area contributed by atoms with Crippen molar-refractivity contribution in [2.24, 2.45) is 0 Å². The number of ether oxygens (including phenoxy) is 1. The third-order valence-electron chi connectivity index (χ3n) is 3.80. The van der Waals surface area contributed by atoms with E-state index in [-0.39, 0.29) is 5.91 Å². The average molecular weight is 240 g/mol. The lowest BCUT2D eigenvalue weighted by Gasteiger charge is -2.33. The van der Waals surface area contributed by atoms with Gasteiger partial charge in [-0.1, -0.05) is 0 Å². The molecule has 2 fully saturated rings. The first kappa shape index (κ1) is 12.8. The lowest BCUT2D eigenvalue weighted by Crippen LogP contribution is -2.46. The molecule has 2 saturated heterocycles. The number of piperidine rings is 1. The van der Waals surface area contributed by atoms with E-state index < -0.39 is 0 Å². The van der Waals surface area contributed by atoms with Gasteiger partial charge < -0.3 is 15.0 Å². The highest BCUT2D eigenvalue weighted by Gasteiger charge is 2.23. The Morgan fingerprint density at radius 1 is 1.35 bits per heavy atom. The third-order valence-corrected chi connectivity index (χ3v) is 3.80. The molecule has 0 bridgehead atoms. The van der Waals surface area contributed by atoms with Crippen LogP contribution in [0, 0.1) is 0 Å². The van der Waals surface area contributed by atoms with Crippen molar-refractivity contribution in [3.8, 4) is 0 Å². The van der Waals surface area contributed by atoms with Gasteiger partial charge in [0.1, 0.15) is 0 Å². The van der Waals surface area contributed by atoms with Crippen LogP contribution >= 0.6 is 0 Å². The SMILES string of the molecule is C[C@@H]1CCCCN1C(=O)CNC[C@@H]1CCCO1. The molecule has 0 saturated carbocycles. The summed E-state index contributed by atoms with van der Waals surface area (Å²) in [5, 5.41) is 3.23. The summed E-state index contributed by atoms with van der Waals surface area (Å²) in [7, 11) is 0. The summed E-state index contributed by atoms with van der Waals surface area (Å²) in [5.41, 5.74) is 0. The minimum Gasteiger partial charge on any atom is -0.377 e. The highest BCUT2D eigenvalue weighted by Crippen LogP contribution is 2.16. The molecule has 0 aromatic rings. The monoisotopic (exact) mass is 240 g/mol. The molecule has 0 unspecified atom stereocenters. The minimum absolute atomic E-state index is 0.246. The summed E-state index contributed by atoms with van der Waals surface area (Å²) < 4.78 is 5.51. The second-order valence-corrected chi connectivity index (χ2v) is 5.20. The lowest BCUT2D eigenvalue weighted by atomic mass is 10.0. The van der Waals surface area contributed by atoms with Crippen LogP contribution in [0.2, 0.25) is 0 Å². The van der Waals surface area contributed by atoms with Crippen molar-refractivity contribution in [3.63, 3.8) is 0 Å². The van der Waals surface area contributed by atoms with Gasteiger partial charge in [0, 0.05) is 25.7 Å². The topological polar surface area (TPSA) is 41.6 Å². The Hall–Kier alpha value is -0.610. The van der Waals surface area contributed by atoms with Gasteiger partial charge in [-0.25, -0.2) is 0 Å². The molecule has 2 atom stereocenters. The van der Waals surface area contributed by atoms with Crippen LogP contribution in [0.15, 0.2) is 0 Å². The van der Waals surface area contributed by atoms with E-state index in [9.17, 15) is 4.79 Å². The maximum absolute atomic E-state index is 12.0. The number of hydrogen-bond acceptors (Lipinski definition) is 3. The largest absolute Gasteiger partial charge is 0.377 e. The van der Waals surface area contributed by atoms with Gasteiger partial charge in [0.05, 0.1) is 12.6 Å². The molecule has 0 aromatic carbocycles. The number of nitrogens with one attached hydrogen (secondary N) is 1. The average Bonchev–Trinajstić information content (AvgIpc) is 2.82. The smallest absolute Gasteiger partial charge is 0.236 e. The highest BCUT2D eigenvalue weighted by molar-refractivity contribution is 5.78. The van der Waals surface area contributed by atoms with Crippen molar-refractivity contribution in [1.82, 2.24) is 10.2 Å². The zero-order chi connectivity index (χ0) is 12.1. The van der Waals surface area contributed by atoms with Gasteiger partial charge in [-0.05, 0) is 39.0 Å². The van der Waals surface area contributed by atoms with Gasteiger partial charge in [0.25, 0.3) is 0 Å². The Balaban J connectivity index is 1.65. The zero-order valence-electron chi connectivity index (χ0n) is 10.8. The van der Waals surface area contributed by atoms with Crippen LogP contribution in [0.3, 0.4) is 0 Å². The molecule has 4 nitrogen and oxygen atoms in total. The number of carbonyl (C=O) groups is 1. The second kappa shape index (κ2) is 6.36. The van der Waals surface area contributed by atoms with Crippen LogP contribution in [0.1, 0.15) is 39.0 Å². The van der Waals surface area contributed by atoms with Gasteiger partial charge in [-0.2, -0.15) is 0 Å². The Bertz CT molecular complexity index is 252. The van der Waals surface area contributed by atoms with E-state index in [0.717, 1.165) is 45.4 Å². The van der Waals surface area contributed by atoms with Crippen molar-refractivity contribution >= 4 is 5.91 Å². The van der Waals surface area contributed by atoms with Gasteiger partial charge in [-0.3, -0.25) is 4.79 Å². The molecule has 2 aliphatic rings. The summed E-state index contributed by atoms with van der Waals surface area (Å²) in [6.45, 7) is 5.24. The quantitative estimate of drug-likeness (QED) is 0.801. The van der Waals surface area contributed by atoms with Crippen LogP contribution < -0.4 is 5.32 Å². The summed E-state index contributed by atoms with van der Waals surface area (Å²) in [6.07, 6.45) is 6.17. The van der Waals surface area contributed by atoms with E-state index in [2.05, 4.69) is 12.2 Å². The molecule has 0 aromatic heterocycles. The summed E-state index contributed by atoms with van der Waals surface area (Å²) in [5.74, 6) is 0.246. The molecule has 2 aliphatic heterocycles. The molecule has 4 heteroatoms. The number of likely N-dealkylation sites (tertiary alicyclic amines) is 1. The number of rotatable bonds is 4. The molecular formula is C13H24N2O2. The Labute approximate surface area is 104 Å². The fraction of sp³-hybridized carbons (Fsp3) is 0.923. The van der Waals surface area contributed by atoms with Crippen molar-refractivity contribution in [1.29, 1.82) is 0 Å². The molecule has 1 N–H and O–H groups in total. The number of nitrogens with zero attached hydrogens (tertiary/aromatic N) is 1. The zero-order valence-corrected chi connectivity index (χ0v) is 10.8. The molecule has 0 aliphatic carbocycles. The van der Waals surface area contributed by atoms with E-state index in [4.69, 9.17) is 4.74 Å². The van der Waals surface area contributed by atoms with E-state index >= 15 is 0 Å². The lowest BCUT2D eigenvalue weighted by molar-refractivity contribution is -0.133. The van der Waals surface area contributed by atoms with Crippen molar-refractivity contribution in [2.75, 3.05) is 26.2 Å². The van der Waals surface area contributed by atoms with Gasteiger partial charge >= 0.3 is 0 Å². The first-order valence-electron chi connectivity index (χ1n) is 6.89. The predicted octanol–water partition coefficient (Wildman–Crippen LogP) is 1.16. The van der Waals surface area contributed by atoms with E-state index in [0.29, 0.717) is 18.7 Å². The molecule has 0 radical (unpaired) electrons. The van der Waals surface area contributed by atoms with E-state index in [1.165, 1.54) is 6.42 Å². The van der Waals surface area contributed by atoms with Crippen LogP contribution in [0.25, 0.3) is 0 Å². The Morgan fingerprint density at radius 3 is 2.94 bits per heavy atom. The summed E-state index contributed by atoms with van der Waals surface area (Å²) in [4.78, 5) is 14.0. The molecule has 0 spiro atoms. The molecule has 1 amide bonds. The molecule has 98 valence electrons. The number of hydrogen-bond donors (Lipinski definition) is 1. The van der Waals surface area contributed by atoms with Gasteiger partial charge in [-0.15, -0.1) is 0 Å². The minimum atomic E-state index is 0.246. The first-order chi connectivity index (χ1) is 8.27. The number of carbonyl (C=O) groups excluding carboxylic acids is 1. The molecule has 2 rings (SSSR count). The first-order valence-corrected chi connectivity index (χ1v) is 6.89. The van der Waals surface area contributed by atoms with Crippen molar-refractivity contribution < 1.29 is 9.53 Å². The van der Waals surface area contributed by atoms with Gasteiger partial charge in [0.15, 0.2) is 0 Å². The fourth-order valence-corrected chi connectivity index (χ4v) is 2.72. The maximum Gasteiger partial charge on any atom is 0.236 e. The van der Waals surface area contributed by atoms with Crippen LogP contribution in [-0.4, -0.2) is 49.2 Å². The van der Waals surface area contributed by atoms with Crippen LogP contribution in [0.4, 0.5) is 0 Å². The second-order valence-electron chi connectivity index (χ2n) is 5.20. The maximum atomic E-state index is 12.0. The fourth-order valence-electron chi connectivity index (χ4n) is 2.72.